The van der Waals surface area contributed by atoms with Gasteiger partial charge in [0.2, 0.25) is 0 Å². The molecule has 0 aliphatic rings. The number of ether oxygens (including phenoxy) is 1. The molecule has 0 atom stereocenters. The van der Waals surface area contributed by atoms with Crippen molar-refractivity contribution >= 4 is 11.9 Å². The van der Waals surface area contributed by atoms with Crippen LogP contribution in [0.25, 0.3) is 0 Å². The first-order valence-electron chi connectivity index (χ1n) is 7.52. The van der Waals surface area contributed by atoms with Gasteiger partial charge in [-0.3, -0.25) is 4.79 Å². The van der Waals surface area contributed by atoms with E-state index in [1.165, 1.54) is 32.1 Å². The minimum Gasteiger partial charge on any atom is -0.550 e. The predicted octanol–water partition coefficient (Wildman–Crippen LogP) is -0.405. The van der Waals surface area contributed by atoms with E-state index in [4.69, 9.17) is 4.74 Å². The monoisotopic (exact) mass is 310 g/mol. The van der Waals surface area contributed by atoms with Gasteiger partial charge in [-0.2, -0.15) is 0 Å². The molecule has 0 bridgehead atoms. The van der Waals surface area contributed by atoms with Crippen LogP contribution in [0, 0.1) is 0 Å². The van der Waals surface area contributed by atoms with E-state index in [0.717, 1.165) is 12.8 Å². The van der Waals surface area contributed by atoms with Crippen molar-refractivity contribution in [2.75, 3.05) is 6.61 Å². The second kappa shape index (κ2) is 17.6. The first kappa shape index (κ1) is 22.9. The van der Waals surface area contributed by atoms with E-state index in [-0.39, 0.29) is 63.8 Å². The number of aliphatic carboxylic acids is 1. The maximum atomic E-state index is 11.3. The van der Waals surface area contributed by atoms with Crippen molar-refractivity contribution in [3.8, 4) is 0 Å². The van der Waals surface area contributed by atoms with Gasteiger partial charge in [0.15, 0.2) is 0 Å². The number of unbranched alkanes of at least 4 members (excludes halogenated alkanes) is 7. The number of hydrogen-bond acceptors (Lipinski definition) is 4. The van der Waals surface area contributed by atoms with Crippen LogP contribution in [-0.4, -0.2) is 18.5 Å². The summed E-state index contributed by atoms with van der Waals surface area (Å²) < 4.78 is 5.07. The third-order valence-corrected chi connectivity index (χ3v) is 3.02. The Morgan fingerprint density at radius 3 is 2.00 bits per heavy atom. The van der Waals surface area contributed by atoms with Gasteiger partial charge in [-0.05, 0) is 25.7 Å². The van der Waals surface area contributed by atoms with E-state index in [1.807, 2.05) is 0 Å². The number of rotatable bonds is 13. The molecule has 0 amide bonds. The summed E-state index contributed by atoms with van der Waals surface area (Å²) in [6.45, 7) is 2.69. The zero-order valence-corrected chi connectivity index (χ0v) is 16.2. The maximum absolute atomic E-state index is 11.3. The number of carbonyl (C=O) groups excluding carboxylic acids is 2. The summed E-state index contributed by atoms with van der Waals surface area (Å²) in [6, 6.07) is 0. The van der Waals surface area contributed by atoms with Crippen molar-refractivity contribution in [3.05, 3.63) is 0 Å². The summed E-state index contributed by atoms with van der Waals surface area (Å²) in [5.41, 5.74) is 0. The molecule has 20 heavy (non-hydrogen) atoms. The molecule has 0 saturated heterocycles. The van der Waals surface area contributed by atoms with Crippen LogP contribution in [0.15, 0.2) is 0 Å². The third-order valence-electron chi connectivity index (χ3n) is 3.02. The van der Waals surface area contributed by atoms with Crippen LogP contribution in [0.4, 0.5) is 0 Å². The molecule has 0 aliphatic heterocycles. The van der Waals surface area contributed by atoms with Gasteiger partial charge in [-0.15, -0.1) is 0 Å². The number of esters is 1. The smallest absolute Gasteiger partial charge is 0.550 e. The summed E-state index contributed by atoms with van der Waals surface area (Å²) in [7, 11) is 0. The zero-order chi connectivity index (χ0) is 14.3. The molecule has 0 heterocycles. The van der Waals surface area contributed by atoms with Gasteiger partial charge in [0.05, 0.1) is 6.61 Å². The SMILES string of the molecule is CCCCCCCCCOC(=O)CCCCC(=O)[O-].[K+]. The molecule has 4 nitrogen and oxygen atoms in total. The minimum atomic E-state index is -1.06. The van der Waals surface area contributed by atoms with E-state index >= 15 is 0 Å². The van der Waals surface area contributed by atoms with Crippen LogP contribution in [-0.2, 0) is 14.3 Å². The Morgan fingerprint density at radius 1 is 0.850 bits per heavy atom. The van der Waals surface area contributed by atoms with E-state index < -0.39 is 5.97 Å². The molecule has 0 spiro atoms. The molecule has 0 radical (unpaired) electrons. The Bertz CT molecular complexity index is 244. The number of carboxylic acids is 1. The summed E-state index contributed by atoms with van der Waals surface area (Å²) in [5, 5.41) is 10.2. The molecular formula is C15H27KO4. The second-order valence-electron chi connectivity index (χ2n) is 4.92. The van der Waals surface area contributed by atoms with Crippen molar-refractivity contribution in [1.82, 2.24) is 0 Å². The van der Waals surface area contributed by atoms with Gasteiger partial charge >= 0.3 is 57.4 Å². The minimum absolute atomic E-state index is 0. The van der Waals surface area contributed by atoms with Crippen molar-refractivity contribution in [2.45, 2.75) is 77.6 Å². The Kier molecular flexibility index (Phi) is 20.1. The number of carboxylic acid groups (broad SMARTS) is 1. The topological polar surface area (TPSA) is 66.4 Å². The Balaban J connectivity index is 0. The van der Waals surface area contributed by atoms with Crippen LogP contribution >= 0.6 is 0 Å². The van der Waals surface area contributed by atoms with E-state index in [2.05, 4.69) is 6.92 Å². The van der Waals surface area contributed by atoms with Gasteiger partial charge in [-0.1, -0.05) is 45.4 Å². The first-order chi connectivity index (χ1) is 9.16. The summed E-state index contributed by atoms with van der Waals surface area (Å²) in [4.78, 5) is 21.4. The standard InChI is InChI=1S/C15H28O4.K/c1-2-3-4-5-6-7-10-13-19-15(18)12-9-8-11-14(16)17;/h2-13H2,1H3,(H,16,17);/q;+1/p-1. The van der Waals surface area contributed by atoms with E-state index in [0.29, 0.717) is 25.9 Å². The van der Waals surface area contributed by atoms with Gasteiger partial charge < -0.3 is 14.6 Å². The fourth-order valence-corrected chi connectivity index (χ4v) is 1.86. The Hall–Kier alpha value is 0.576. The average Bonchev–Trinajstić information content (AvgIpc) is 2.37. The van der Waals surface area contributed by atoms with Gasteiger partial charge in [0, 0.05) is 12.4 Å². The molecule has 0 aromatic rings. The summed E-state index contributed by atoms with van der Waals surface area (Å²) >= 11 is 0. The Morgan fingerprint density at radius 2 is 1.40 bits per heavy atom. The van der Waals surface area contributed by atoms with Crippen LogP contribution in [0.1, 0.15) is 77.6 Å². The van der Waals surface area contributed by atoms with Crippen LogP contribution in [0.5, 0.6) is 0 Å². The normalized spacial score (nSPS) is 9.85. The van der Waals surface area contributed by atoms with E-state index in [9.17, 15) is 14.7 Å². The van der Waals surface area contributed by atoms with Gasteiger partial charge in [0.25, 0.3) is 0 Å². The van der Waals surface area contributed by atoms with Crippen molar-refractivity contribution < 1.29 is 70.8 Å². The van der Waals surface area contributed by atoms with Gasteiger partial charge in [0.1, 0.15) is 0 Å². The molecular weight excluding hydrogens is 283 g/mol. The average molecular weight is 310 g/mol. The largest absolute Gasteiger partial charge is 1.00 e. The number of carbonyl (C=O) groups is 2. The second-order valence-corrected chi connectivity index (χ2v) is 4.92. The summed E-state index contributed by atoms with van der Waals surface area (Å²) in [6.07, 6.45) is 9.76. The molecule has 0 unspecified atom stereocenters. The molecule has 0 N–H and O–H groups in total. The van der Waals surface area contributed by atoms with Crippen LogP contribution in [0.3, 0.4) is 0 Å². The van der Waals surface area contributed by atoms with E-state index in [1.54, 1.807) is 0 Å². The molecule has 0 rings (SSSR count). The molecule has 0 saturated carbocycles. The fraction of sp³-hybridized carbons (Fsp3) is 0.867. The third kappa shape index (κ3) is 18.6. The molecule has 5 heteroatoms. The predicted molar refractivity (Wildman–Crippen MR) is 72.4 cm³/mol. The Labute approximate surface area is 165 Å². The van der Waals surface area contributed by atoms with Crippen LogP contribution < -0.4 is 56.5 Å². The molecule has 0 fully saturated rings. The first-order valence-corrected chi connectivity index (χ1v) is 7.52. The quantitative estimate of drug-likeness (QED) is 0.264. The fourth-order valence-electron chi connectivity index (χ4n) is 1.86. The molecule has 0 aromatic carbocycles. The molecule has 0 aliphatic carbocycles. The molecule has 0 aromatic heterocycles. The summed E-state index contributed by atoms with van der Waals surface area (Å²) in [5.74, 6) is -1.28. The van der Waals surface area contributed by atoms with Crippen LogP contribution in [0.2, 0.25) is 0 Å². The number of hydrogen-bond donors (Lipinski definition) is 0. The molecule has 112 valence electrons. The maximum Gasteiger partial charge on any atom is 1.00 e. The van der Waals surface area contributed by atoms with Crippen molar-refractivity contribution in [2.24, 2.45) is 0 Å². The van der Waals surface area contributed by atoms with Gasteiger partial charge in [-0.25, -0.2) is 0 Å². The van der Waals surface area contributed by atoms with Crippen molar-refractivity contribution in [3.63, 3.8) is 0 Å². The zero-order valence-electron chi connectivity index (χ0n) is 13.1. The van der Waals surface area contributed by atoms with Crippen molar-refractivity contribution in [1.29, 1.82) is 0 Å².